The average molecular weight is 444 g/mol. The molecule has 1 atom stereocenters. The van der Waals surface area contributed by atoms with E-state index in [-0.39, 0.29) is 31.5 Å². The van der Waals surface area contributed by atoms with Crippen LogP contribution in [0.2, 0.25) is 0 Å². The number of carbonyl (C=O) groups excluding carboxylic acids is 4. The van der Waals surface area contributed by atoms with Crippen LogP contribution in [0.5, 0.6) is 0 Å². The molecule has 0 aliphatic carbocycles. The van der Waals surface area contributed by atoms with Crippen LogP contribution in [0.1, 0.15) is 5.56 Å². The summed E-state index contributed by atoms with van der Waals surface area (Å²) in [5, 5.41) is 10.6. The molecule has 1 aliphatic rings. The van der Waals surface area contributed by atoms with Crippen molar-refractivity contribution in [1.82, 2.24) is 35.2 Å². The van der Waals surface area contributed by atoms with E-state index in [0.29, 0.717) is 5.56 Å². The zero-order valence-corrected chi connectivity index (χ0v) is 16.7. The molecule has 1 aliphatic heterocycles. The van der Waals surface area contributed by atoms with Gasteiger partial charge < -0.3 is 0 Å². The van der Waals surface area contributed by atoms with Gasteiger partial charge in [-0.15, -0.1) is 0 Å². The zero-order valence-electron chi connectivity index (χ0n) is 15.0. The number of hydrogen-bond acceptors (Lipinski definition) is 8. The van der Waals surface area contributed by atoms with Crippen molar-refractivity contribution in [3.8, 4) is 0 Å². The van der Waals surface area contributed by atoms with Crippen molar-refractivity contribution in [3.05, 3.63) is 35.9 Å². The lowest BCUT2D eigenvalue weighted by molar-refractivity contribution is -0.110. The van der Waals surface area contributed by atoms with Crippen LogP contribution in [0.15, 0.2) is 35.3 Å². The summed E-state index contributed by atoms with van der Waals surface area (Å²) >= 11 is 0. The van der Waals surface area contributed by atoms with E-state index in [1.807, 2.05) is 20.3 Å². The Morgan fingerprint density at radius 1 is 0.862 bits per heavy atom. The Balaban J connectivity index is 2.75. The fourth-order valence-corrected chi connectivity index (χ4v) is 5.94. The molecular formula is C13H18N8O6P2. The summed E-state index contributed by atoms with van der Waals surface area (Å²) in [5.41, 5.74) is 0.375. The maximum Gasteiger partial charge on any atom is 0.375 e. The summed E-state index contributed by atoms with van der Waals surface area (Å²) in [4.78, 5) is 48.6. The predicted molar refractivity (Wildman–Crippen MR) is 102 cm³/mol. The molecule has 0 radical (unpaired) electrons. The molecule has 0 fully saturated rings. The standard InChI is InChI=1S/C13H18N8O6P2/c1-14-13-19-12(11-5-3-2-4-6-11)20(28(26,15-7-22)16-8-23)21(13)29(27,17-9-24)18-10-25/h2-10,13-14H,1H3,(H2,15,16,22,23,26)(H2,17,18,24,25,27). The third-order valence-corrected chi connectivity index (χ3v) is 7.46. The zero-order chi connectivity index (χ0) is 21.5. The van der Waals surface area contributed by atoms with E-state index in [0.717, 1.165) is 9.56 Å². The second-order valence-corrected chi connectivity index (χ2v) is 9.36. The molecule has 0 bridgehead atoms. The Kier molecular flexibility index (Phi) is 7.23. The lowest BCUT2D eigenvalue weighted by atomic mass is 10.2. The van der Waals surface area contributed by atoms with Crippen molar-refractivity contribution < 1.29 is 28.3 Å². The number of rotatable bonds is 12. The molecule has 14 nitrogen and oxygen atoms in total. The van der Waals surface area contributed by atoms with Crippen LogP contribution < -0.4 is 25.7 Å². The first-order valence-corrected chi connectivity index (χ1v) is 11.2. The van der Waals surface area contributed by atoms with Crippen molar-refractivity contribution in [1.29, 1.82) is 0 Å². The number of aliphatic imine (C=N–C) groups is 1. The SMILES string of the molecule is CNC1N=C(c2ccccc2)N(P(=O)(NC=O)NC=O)N1P(=O)(NC=O)NC=O. The van der Waals surface area contributed by atoms with Gasteiger partial charge in [0.2, 0.25) is 25.6 Å². The highest BCUT2D eigenvalue weighted by Crippen LogP contribution is 2.55. The van der Waals surface area contributed by atoms with Gasteiger partial charge in [0.05, 0.1) is 0 Å². The molecule has 0 saturated carbocycles. The molecule has 1 aromatic rings. The van der Waals surface area contributed by atoms with E-state index >= 15 is 0 Å². The van der Waals surface area contributed by atoms with Gasteiger partial charge in [-0.05, 0) is 7.05 Å². The lowest BCUT2D eigenvalue weighted by Crippen LogP contribution is -2.53. The van der Waals surface area contributed by atoms with Gasteiger partial charge in [0.1, 0.15) is 0 Å². The Morgan fingerprint density at radius 3 is 1.79 bits per heavy atom. The minimum Gasteiger partial charge on any atom is -0.284 e. The molecular weight excluding hydrogens is 426 g/mol. The molecule has 4 amide bonds. The van der Waals surface area contributed by atoms with Crippen molar-refractivity contribution in [2.75, 3.05) is 7.05 Å². The summed E-state index contributed by atoms with van der Waals surface area (Å²) < 4.78 is 28.4. The van der Waals surface area contributed by atoms with Gasteiger partial charge >= 0.3 is 15.2 Å². The lowest BCUT2D eigenvalue weighted by Gasteiger charge is -2.39. The van der Waals surface area contributed by atoms with Gasteiger partial charge in [0.25, 0.3) is 0 Å². The molecule has 156 valence electrons. The third-order valence-electron chi connectivity index (χ3n) is 3.60. The Bertz CT molecular complexity index is 869. The fourth-order valence-electron chi connectivity index (χ4n) is 2.50. The number of carbonyl (C=O) groups is 4. The van der Waals surface area contributed by atoms with E-state index < -0.39 is 21.5 Å². The van der Waals surface area contributed by atoms with E-state index in [2.05, 4.69) is 10.3 Å². The van der Waals surface area contributed by atoms with E-state index in [9.17, 15) is 28.3 Å². The Hall–Kier alpha value is -3.05. The second kappa shape index (κ2) is 9.43. The highest BCUT2D eigenvalue weighted by atomic mass is 31.2. The largest absolute Gasteiger partial charge is 0.375 e. The molecule has 16 heteroatoms. The molecule has 0 aromatic heterocycles. The number of nitrogens with one attached hydrogen (secondary N) is 5. The number of hydrogen-bond donors (Lipinski definition) is 5. The normalized spacial score (nSPS) is 17.1. The van der Waals surface area contributed by atoms with Crippen LogP contribution in [0.4, 0.5) is 0 Å². The average Bonchev–Trinajstić information content (AvgIpc) is 3.11. The van der Waals surface area contributed by atoms with Crippen molar-refractivity contribution in [2.45, 2.75) is 6.29 Å². The first-order valence-electron chi connectivity index (χ1n) is 7.87. The number of amides is 4. The van der Waals surface area contributed by atoms with Crippen molar-refractivity contribution in [3.63, 3.8) is 0 Å². The fraction of sp³-hybridized carbons (Fsp3) is 0.154. The van der Waals surface area contributed by atoms with Crippen LogP contribution in [0.25, 0.3) is 0 Å². The van der Waals surface area contributed by atoms with Gasteiger partial charge in [-0.3, -0.25) is 49.4 Å². The molecule has 29 heavy (non-hydrogen) atoms. The van der Waals surface area contributed by atoms with Crippen LogP contribution in [-0.2, 0) is 28.3 Å². The minimum absolute atomic E-state index is 0.0634. The first kappa shape index (κ1) is 22.2. The molecule has 0 spiro atoms. The second-order valence-electron chi connectivity index (χ2n) is 5.23. The van der Waals surface area contributed by atoms with Gasteiger partial charge in [-0.25, -0.2) is 9.56 Å². The topological polar surface area (TPSA) is 181 Å². The quantitative estimate of drug-likeness (QED) is 0.193. The number of benzene rings is 1. The molecule has 2 rings (SSSR count). The van der Waals surface area contributed by atoms with E-state index in [1.165, 1.54) is 7.05 Å². The highest BCUT2D eigenvalue weighted by Gasteiger charge is 2.53. The summed E-state index contributed by atoms with van der Waals surface area (Å²) in [6, 6.07) is 8.16. The summed E-state index contributed by atoms with van der Waals surface area (Å²) in [7, 11) is -7.28. The Labute approximate surface area is 165 Å². The first-order chi connectivity index (χ1) is 13.9. The van der Waals surface area contributed by atoms with Crippen LogP contribution in [0.3, 0.4) is 0 Å². The smallest absolute Gasteiger partial charge is 0.284 e. The third kappa shape index (κ3) is 4.35. The summed E-state index contributed by atoms with van der Waals surface area (Å²) in [6.07, 6.45) is -0.959. The molecule has 1 aromatic carbocycles. The Morgan fingerprint density at radius 2 is 1.34 bits per heavy atom. The van der Waals surface area contributed by atoms with E-state index in [1.54, 1.807) is 30.3 Å². The van der Waals surface area contributed by atoms with Gasteiger partial charge in [-0.2, -0.15) is 4.78 Å². The van der Waals surface area contributed by atoms with Gasteiger partial charge in [-0.1, -0.05) is 35.1 Å². The predicted octanol–water partition coefficient (Wildman–Crippen LogP) is -1.33. The molecule has 1 heterocycles. The van der Waals surface area contributed by atoms with Gasteiger partial charge in [0.15, 0.2) is 12.1 Å². The maximum atomic E-state index is 13.5. The molecule has 1 unspecified atom stereocenters. The summed E-state index contributed by atoms with van der Waals surface area (Å²) in [6.45, 7) is 0. The monoisotopic (exact) mass is 444 g/mol. The van der Waals surface area contributed by atoms with Crippen molar-refractivity contribution >= 4 is 46.7 Å². The van der Waals surface area contributed by atoms with E-state index in [4.69, 9.17) is 0 Å². The van der Waals surface area contributed by atoms with Crippen molar-refractivity contribution in [2.24, 2.45) is 4.99 Å². The molecule has 5 N–H and O–H groups in total. The molecule has 0 saturated heterocycles. The number of amidine groups is 1. The highest BCUT2D eigenvalue weighted by molar-refractivity contribution is 7.62. The maximum absolute atomic E-state index is 13.5. The van der Waals surface area contributed by atoms with Crippen LogP contribution >= 0.6 is 15.2 Å². The number of nitrogens with zero attached hydrogens (tertiary/aromatic N) is 3. The summed E-state index contributed by atoms with van der Waals surface area (Å²) in [5.74, 6) is -0.0717. The number of hydrazine groups is 1. The van der Waals surface area contributed by atoms with Gasteiger partial charge in [0, 0.05) is 5.56 Å². The van der Waals surface area contributed by atoms with Crippen LogP contribution in [-0.4, -0.2) is 54.4 Å². The minimum atomic E-state index is -4.37. The van der Waals surface area contributed by atoms with Crippen LogP contribution in [0, 0.1) is 0 Å².